The van der Waals surface area contributed by atoms with Gasteiger partial charge in [-0.3, -0.25) is 19.7 Å². The van der Waals surface area contributed by atoms with Crippen LogP contribution in [0.4, 0.5) is 5.69 Å². The van der Waals surface area contributed by atoms with Crippen molar-refractivity contribution in [3.8, 4) is 5.75 Å². The van der Waals surface area contributed by atoms with E-state index in [1.54, 1.807) is 19.1 Å². The van der Waals surface area contributed by atoms with Crippen LogP contribution in [0.2, 0.25) is 5.02 Å². The van der Waals surface area contributed by atoms with Gasteiger partial charge in [-0.05, 0) is 57.7 Å². The number of hydrogen-bond donors (Lipinski definition) is 1. The van der Waals surface area contributed by atoms with Gasteiger partial charge >= 0.3 is 0 Å². The fraction of sp³-hybridized carbons (Fsp3) is 0.333. The van der Waals surface area contributed by atoms with Crippen LogP contribution in [-0.2, 0) is 9.59 Å². The molecule has 1 unspecified atom stereocenters. The molecule has 1 atom stereocenters. The average molecular weight is 488 g/mol. The van der Waals surface area contributed by atoms with E-state index in [1.807, 2.05) is 19.0 Å². The van der Waals surface area contributed by atoms with Gasteiger partial charge in [0.05, 0.1) is 28.2 Å². The van der Waals surface area contributed by atoms with Crippen LogP contribution in [0.15, 0.2) is 48.0 Å². The summed E-state index contributed by atoms with van der Waals surface area (Å²) in [4.78, 5) is 40.1. The van der Waals surface area contributed by atoms with Gasteiger partial charge in [0.15, 0.2) is 0 Å². The van der Waals surface area contributed by atoms with E-state index in [2.05, 4.69) is 0 Å². The van der Waals surface area contributed by atoms with Crippen LogP contribution in [-0.4, -0.2) is 65.3 Å². The lowest BCUT2D eigenvalue weighted by Gasteiger charge is -2.25. The van der Waals surface area contributed by atoms with Crippen LogP contribution >= 0.6 is 11.6 Å². The maximum absolute atomic E-state index is 13.1. The number of ketones is 1. The van der Waals surface area contributed by atoms with Crippen LogP contribution in [0.1, 0.15) is 30.5 Å². The highest BCUT2D eigenvalue weighted by atomic mass is 35.5. The topological polar surface area (TPSA) is 113 Å². The quantitative estimate of drug-likeness (QED) is 0.187. The summed E-state index contributed by atoms with van der Waals surface area (Å²) in [7, 11) is 3.78. The molecule has 1 fully saturated rings. The fourth-order valence-electron chi connectivity index (χ4n) is 3.90. The first-order valence-electron chi connectivity index (χ1n) is 10.8. The number of nitro benzene ring substituents is 1. The zero-order chi connectivity index (χ0) is 25.0. The van der Waals surface area contributed by atoms with Crippen LogP contribution < -0.4 is 4.74 Å². The molecule has 2 aromatic carbocycles. The van der Waals surface area contributed by atoms with Gasteiger partial charge in [0.1, 0.15) is 11.5 Å². The summed E-state index contributed by atoms with van der Waals surface area (Å²) in [6.45, 7) is 3.10. The maximum Gasteiger partial charge on any atom is 0.295 e. The Morgan fingerprint density at radius 3 is 2.59 bits per heavy atom. The maximum atomic E-state index is 13.1. The Morgan fingerprint density at radius 2 is 1.97 bits per heavy atom. The van der Waals surface area contributed by atoms with Crippen molar-refractivity contribution in [1.82, 2.24) is 9.80 Å². The van der Waals surface area contributed by atoms with E-state index in [-0.39, 0.29) is 28.4 Å². The molecule has 0 bridgehead atoms. The standard InChI is InChI=1S/C24H26ClN3O6/c1-4-34-19-10-9-16(14-18(19)25)22(29)20-21(15-7-5-8-17(13-15)28(32)33)27(24(31)23(20)30)12-6-11-26(2)3/h5,7-10,13-14,21,29H,4,6,11-12H2,1-3H3/b22-20-. The number of Topliss-reactive ketones (excluding diaryl/α,β-unsaturated/α-hetero) is 1. The molecule has 0 aromatic heterocycles. The molecule has 1 aliphatic rings. The van der Waals surface area contributed by atoms with Gasteiger partial charge in [0.25, 0.3) is 17.4 Å². The monoisotopic (exact) mass is 487 g/mol. The van der Waals surface area contributed by atoms with E-state index >= 15 is 0 Å². The lowest BCUT2D eigenvalue weighted by Crippen LogP contribution is -2.32. The summed E-state index contributed by atoms with van der Waals surface area (Å²) in [5.41, 5.74) is 0.267. The van der Waals surface area contributed by atoms with Crippen molar-refractivity contribution >= 4 is 34.7 Å². The van der Waals surface area contributed by atoms with Crippen molar-refractivity contribution < 1.29 is 24.4 Å². The largest absolute Gasteiger partial charge is 0.507 e. The molecule has 2 aromatic rings. The number of non-ortho nitro benzene ring substituents is 1. The minimum atomic E-state index is -0.979. The molecular formula is C24H26ClN3O6. The molecule has 10 heteroatoms. The Bertz CT molecular complexity index is 1150. The number of amides is 1. The molecule has 180 valence electrons. The van der Waals surface area contributed by atoms with Gasteiger partial charge in [0, 0.05) is 24.2 Å². The average Bonchev–Trinajstić information content (AvgIpc) is 3.05. The van der Waals surface area contributed by atoms with Crippen molar-refractivity contribution in [3.05, 3.63) is 74.3 Å². The number of nitro groups is 1. The third-order valence-corrected chi connectivity index (χ3v) is 5.74. The Hall–Kier alpha value is -3.43. The zero-order valence-corrected chi connectivity index (χ0v) is 19.9. The Labute approximate surface area is 202 Å². The van der Waals surface area contributed by atoms with Gasteiger partial charge in [-0.15, -0.1) is 0 Å². The first-order valence-corrected chi connectivity index (χ1v) is 11.1. The Kier molecular flexibility index (Phi) is 7.90. The van der Waals surface area contributed by atoms with Gasteiger partial charge < -0.3 is 19.6 Å². The highest BCUT2D eigenvalue weighted by Crippen LogP contribution is 2.41. The number of nitrogens with zero attached hydrogens (tertiary/aromatic N) is 3. The fourth-order valence-corrected chi connectivity index (χ4v) is 4.13. The smallest absolute Gasteiger partial charge is 0.295 e. The molecular weight excluding hydrogens is 462 g/mol. The second-order valence-electron chi connectivity index (χ2n) is 8.08. The molecule has 3 rings (SSSR count). The second-order valence-corrected chi connectivity index (χ2v) is 8.49. The molecule has 1 saturated heterocycles. The molecule has 0 spiro atoms. The summed E-state index contributed by atoms with van der Waals surface area (Å²) in [5.74, 6) is -1.62. The van der Waals surface area contributed by atoms with Gasteiger partial charge in [-0.25, -0.2) is 0 Å². The Morgan fingerprint density at radius 1 is 1.24 bits per heavy atom. The lowest BCUT2D eigenvalue weighted by atomic mass is 9.95. The van der Waals surface area contributed by atoms with E-state index in [9.17, 15) is 24.8 Å². The summed E-state index contributed by atoms with van der Waals surface area (Å²) < 4.78 is 5.41. The van der Waals surface area contributed by atoms with E-state index in [4.69, 9.17) is 16.3 Å². The van der Waals surface area contributed by atoms with Crippen LogP contribution in [0, 0.1) is 10.1 Å². The van der Waals surface area contributed by atoms with Gasteiger partial charge in [-0.2, -0.15) is 0 Å². The third kappa shape index (κ3) is 5.21. The molecule has 9 nitrogen and oxygen atoms in total. The van der Waals surface area contributed by atoms with Crippen molar-refractivity contribution in [2.45, 2.75) is 19.4 Å². The van der Waals surface area contributed by atoms with Crippen molar-refractivity contribution in [2.24, 2.45) is 0 Å². The number of halogens is 1. The van der Waals surface area contributed by atoms with Crippen molar-refractivity contribution in [3.63, 3.8) is 0 Å². The molecule has 1 heterocycles. The number of carbonyl (C=O) groups is 2. The molecule has 0 aliphatic carbocycles. The molecule has 1 aliphatic heterocycles. The first kappa shape index (κ1) is 25.2. The first-order chi connectivity index (χ1) is 16.1. The van der Waals surface area contributed by atoms with E-state index in [0.29, 0.717) is 30.9 Å². The Balaban J connectivity index is 2.13. The summed E-state index contributed by atoms with van der Waals surface area (Å²) in [6.07, 6.45) is 0.570. The number of likely N-dealkylation sites (tertiary alicyclic amines) is 1. The molecule has 1 N–H and O–H groups in total. The number of hydrogen-bond acceptors (Lipinski definition) is 7. The van der Waals surface area contributed by atoms with E-state index < -0.39 is 28.4 Å². The van der Waals surface area contributed by atoms with E-state index in [0.717, 1.165) is 0 Å². The lowest BCUT2D eigenvalue weighted by molar-refractivity contribution is -0.384. The molecule has 1 amide bonds. The molecule has 34 heavy (non-hydrogen) atoms. The zero-order valence-electron chi connectivity index (χ0n) is 19.2. The summed E-state index contributed by atoms with van der Waals surface area (Å²) in [5, 5.41) is 22.7. The number of carbonyl (C=O) groups excluding carboxylic acids is 2. The van der Waals surface area contributed by atoms with Crippen molar-refractivity contribution in [2.75, 3.05) is 33.8 Å². The third-order valence-electron chi connectivity index (χ3n) is 5.45. The van der Waals surface area contributed by atoms with Crippen molar-refractivity contribution in [1.29, 1.82) is 0 Å². The second kappa shape index (κ2) is 10.7. The predicted octanol–water partition coefficient (Wildman–Crippen LogP) is 4.02. The minimum absolute atomic E-state index is 0.143. The number of aliphatic hydroxyl groups is 1. The van der Waals surface area contributed by atoms with Crippen LogP contribution in [0.5, 0.6) is 5.75 Å². The summed E-state index contributed by atoms with van der Waals surface area (Å²) >= 11 is 6.26. The number of benzene rings is 2. The number of rotatable bonds is 9. The molecule has 0 radical (unpaired) electrons. The summed E-state index contributed by atoms with van der Waals surface area (Å²) in [6, 6.07) is 9.30. The highest BCUT2D eigenvalue weighted by Gasteiger charge is 2.46. The predicted molar refractivity (Wildman–Crippen MR) is 128 cm³/mol. The minimum Gasteiger partial charge on any atom is -0.507 e. The van der Waals surface area contributed by atoms with Crippen LogP contribution in [0.3, 0.4) is 0 Å². The number of ether oxygens (including phenoxy) is 1. The SMILES string of the molecule is CCOc1ccc(/C(O)=C2/C(=O)C(=O)N(CCCN(C)C)C2c2cccc([N+](=O)[O-])c2)cc1Cl. The molecule has 0 saturated carbocycles. The van der Waals surface area contributed by atoms with Gasteiger partial charge in [0.2, 0.25) is 0 Å². The van der Waals surface area contributed by atoms with E-state index in [1.165, 1.54) is 35.2 Å². The highest BCUT2D eigenvalue weighted by molar-refractivity contribution is 6.46. The normalized spacial score (nSPS) is 17.4. The van der Waals surface area contributed by atoms with Gasteiger partial charge in [-0.1, -0.05) is 23.7 Å². The number of aliphatic hydroxyl groups excluding tert-OH is 1. The van der Waals surface area contributed by atoms with Crippen LogP contribution in [0.25, 0.3) is 5.76 Å².